The normalized spacial score (nSPS) is 46.3. The zero-order chi connectivity index (χ0) is 32.6. The van der Waals surface area contributed by atoms with Crippen molar-refractivity contribution in [1.29, 1.82) is 0 Å². The van der Waals surface area contributed by atoms with E-state index in [-0.39, 0.29) is 23.5 Å². The number of ether oxygens (including phenoxy) is 4. The smallest absolute Gasteiger partial charge is 0.187 e. The van der Waals surface area contributed by atoms with Crippen LogP contribution in [0.4, 0.5) is 0 Å². The molecule has 0 aromatic carbocycles. The summed E-state index contributed by atoms with van der Waals surface area (Å²) in [5, 5.41) is 80.1. The maximum Gasteiger partial charge on any atom is 0.187 e. The molecule has 12 heteroatoms. The van der Waals surface area contributed by atoms with Gasteiger partial charge in [0.15, 0.2) is 12.6 Å². The summed E-state index contributed by atoms with van der Waals surface area (Å²) in [5.74, 6) is 0.752. The molecule has 2 aliphatic heterocycles. The van der Waals surface area contributed by atoms with Crippen molar-refractivity contribution in [3.05, 3.63) is 23.3 Å². The molecule has 0 aromatic rings. The molecule has 1 saturated carbocycles. The molecule has 12 nitrogen and oxygen atoms in total. The van der Waals surface area contributed by atoms with Crippen molar-refractivity contribution in [2.75, 3.05) is 19.8 Å². The van der Waals surface area contributed by atoms with E-state index < -0.39 is 74.6 Å². The summed E-state index contributed by atoms with van der Waals surface area (Å²) in [4.78, 5) is 0. The lowest BCUT2D eigenvalue weighted by molar-refractivity contribution is -0.319. The first kappa shape index (κ1) is 35.8. The standard InChI is InChI=1S/C32H54O12/c1-16(11-13-41-29-27(39)25(37)23(35)20(14-33)42-29)10-12-32(5)17(2)6-7-18-19(32)8-9-22(31(18,3)4)44-30-28(40)26(38)24(36)21(15-34)43-30/h7,11,17,19-30,33-40H,6,8-10,12-15H2,1-5H3/b16-11+/t17-,19+,20-,21-,22+,23-,24-,25+,26+,27-,28-,29-,30+,32+/m1/s1. The van der Waals surface area contributed by atoms with Crippen LogP contribution in [-0.2, 0) is 18.9 Å². The van der Waals surface area contributed by atoms with Gasteiger partial charge in [0.1, 0.15) is 48.8 Å². The van der Waals surface area contributed by atoms with Crippen LogP contribution in [0.3, 0.4) is 0 Å². The predicted molar refractivity (Wildman–Crippen MR) is 158 cm³/mol. The largest absolute Gasteiger partial charge is 0.394 e. The second-order valence-corrected chi connectivity index (χ2v) is 14.1. The molecule has 0 amide bonds. The molecule has 4 aliphatic rings. The number of hydrogen-bond donors (Lipinski definition) is 8. The first-order valence-electron chi connectivity index (χ1n) is 15.9. The Morgan fingerprint density at radius 1 is 0.864 bits per heavy atom. The Hall–Kier alpha value is -1.00. The average molecular weight is 631 g/mol. The molecule has 8 N–H and O–H groups in total. The number of hydrogen-bond acceptors (Lipinski definition) is 12. The molecule has 2 aliphatic carbocycles. The number of fused-ring (bicyclic) bond motifs is 1. The van der Waals surface area contributed by atoms with E-state index in [1.165, 1.54) is 5.57 Å². The summed E-state index contributed by atoms with van der Waals surface area (Å²) in [5.41, 5.74) is 2.04. The van der Waals surface area contributed by atoms with Gasteiger partial charge in [0.25, 0.3) is 0 Å². The minimum absolute atomic E-state index is 0.00267. The average Bonchev–Trinajstić information content (AvgIpc) is 2.99. The fourth-order valence-corrected chi connectivity index (χ4v) is 7.54. The van der Waals surface area contributed by atoms with Crippen molar-refractivity contribution >= 4 is 0 Å². The molecule has 2 heterocycles. The SMILES string of the molecule is C/C(=C\CO[C@@H]1O[C@H](CO)[C@@H](O)[C@H](O)[C@H]1O)CC[C@@]1(C)[C@H](C)CC=C2[C@@H]1CC[C@H](O[C@@H]1O[C@H](CO)[C@@H](O)[C@H](O)[C@H]1O)C2(C)C. The molecule has 0 radical (unpaired) electrons. The van der Waals surface area contributed by atoms with Crippen molar-refractivity contribution in [1.82, 2.24) is 0 Å². The highest BCUT2D eigenvalue weighted by atomic mass is 16.7. The first-order valence-corrected chi connectivity index (χ1v) is 15.9. The molecule has 0 spiro atoms. The summed E-state index contributed by atoms with van der Waals surface area (Å²) < 4.78 is 23.0. The quantitative estimate of drug-likeness (QED) is 0.152. The fraction of sp³-hybridized carbons (Fsp3) is 0.875. The molecule has 2 saturated heterocycles. The van der Waals surface area contributed by atoms with Gasteiger partial charge in [-0.1, -0.05) is 51.0 Å². The molecule has 0 bridgehead atoms. The van der Waals surface area contributed by atoms with Gasteiger partial charge in [-0.15, -0.1) is 0 Å². The maximum absolute atomic E-state index is 10.6. The van der Waals surface area contributed by atoms with E-state index in [1.807, 2.05) is 13.0 Å². The maximum atomic E-state index is 10.6. The lowest BCUT2D eigenvalue weighted by atomic mass is 9.51. The second kappa shape index (κ2) is 14.4. The molecule has 44 heavy (non-hydrogen) atoms. The second-order valence-electron chi connectivity index (χ2n) is 14.1. The summed E-state index contributed by atoms with van der Waals surface area (Å²) in [6.07, 6.45) is -4.83. The van der Waals surface area contributed by atoms with Crippen LogP contribution in [0, 0.1) is 22.7 Å². The lowest BCUT2D eigenvalue weighted by Gasteiger charge is -2.56. The van der Waals surface area contributed by atoms with Gasteiger partial charge in [0, 0.05) is 5.41 Å². The number of aliphatic hydroxyl groups excluding tert-OH is 8. The van der Waals surface area contributed by atoms with Crippen molar-refractivity contribution in [3.8, 4) is 0 Å². The van der Waals surface area contributed by atoms with Crippen LogP contribution >= 0.6 is 0 Å². The van der Waals surface area contributed by atoms with E-state index in [9.17, 15) is 40.9 Å². The molecule has 4 rings (SSSR count). The summed E-state index contributed by atoms with van der Waals surface area (Å²) in [6.45, 7) is 10.1. The van der Waals surface area contributed by atoms with Crippen LogP contribution in [0.1, 0.15) is 66.7 Å². The topological polar surface area (TPSA) is 199 Å². The Bertz CT molecular complexity index is 1010. The van der Waals surface area contributed by atoms with E-state index in [0.29, 0.717) is 18.3 Å². The molecule has 3 fully saturated rings. The van der Waals surface area contributed by atoms with Crippen molar-refractivity contribution in [3.63, 3.8) is 0 Å². The number of rotatable bonds is 10. The highest BCUT2D eigenvalue weighted by molar-refractivity contribution is 5.27. The van der Waals surface area contributed by atoms with Gasteiger partial charge in [0.2, 0.25) is 0 Å². The van der Waals surface area contributed by atoms with Crippen molar-refractivity contribution in [2.45, 2.75) is 134 Å². The van der Waals surface area contributed by atoms with E-state index in [4.69, 9.17) is 18.9 Å². The fourth-order valence-electron chi connectivity index (χ4n) is 7.54. The van der Waals surface area contributed by atoms with E-state index >= 15 is 0 Å². The zero-order valence-electron chi connectivity index (χ0n) is 26.5. The summed E-state index contributed by atoms with van der Waals surface area (Å²) in [7, 11) is 0. The van der Waals surface area contributed by atoms with Gasteiger partial charge >= 0.3 is 0 Å². The van der Waals surface area contributed by atoms with Crippen LogP contribution in [0.2, 0.25) is 0 Å². The minimum atomic E-state index is -1.48. The highest BCUT2D eigenvalue weighted by Gasteiger charge is 2.53. The summed E-state index contributed by atoms with van der Waals surface area (Å²) in [6, 6.07) is 0. The van der Waals surface area contributed by atoms with E-state index in [2.05, 4.69) is 33.8 Å². The Morgan fingerprint density at radius 3 is 2.02 bits per heavy atom. The van der Waals surface area contributed by atoms with Gasteiger partial charge < -0.3 is 59.8 Å². The minimum Gasteiger partial charge on any atom is -0.394 e. The number of aliphatic hydroxyl groups is 8. The van der Waals surface area contributed by atoms with Crippen molar-refractivity contribution in [2.24, 2.45) is 22.7 Å². The Balaban J connectivity index is 1.37. The third-order valence-corrected chi connectivity index (χ3v) is 11.0. The monoisotopic (exact) mass is 630 g/mol. The highest BCUT2D eigenvalue weighted by Crippen LogP contribution is 2.59. The molecule has 0 unspecified atom stereocenters. The Labute approximate surface area is 259 Å². The van der Waals surface area contributed by atoms with Gasteiger partial charge in [-0.05, 0) is 56.3 Å². The molecule has 14 atom stereocenters. The van der Waals surface area contributed by atoms with Crippen LogP contribution < -0.4 is 0 Å². The van der Waals surface area contributed by atoms with Gasteiger partial charge in [-0.3, -0.25) is 0 Å². The number of allylic oxidation sites excluding steroid dienone is 2. The molecule has 0 aromatic heterocycles. The summed E-state index contributed by atoms with van der Waals surface area (Å²) >= 11 is 0. The van der Waals surface area contributed by atoms with Crippen LogP contribution in [0.25, 0.3) is 0 Å². The van der Waals surface area contributed by atoms with Gasteiger partial charge in [0.05, 0.1) is 25.9 Å². The molecular weight excluding hydrogens is 576 g/mol. The molecular formula is C32H54O12. The van der Waals surface area contributed by atoms with Gasteiger partial charge in [-0.2, -0.15) is 0 Å². The molecule has 254 valence electrons. The van der Waals surface area contributed by atoms with E-state index in [0.717, 1.165) is 31.3 Å². The van der Waals surface area contributed by atoms with Crippen LogP contribution in [0.5, 0.6) is 0 Å². The lowest BCUT2D eigenvalue weighted by Crippen LogP contribution is -2.60. The van der Waals surface area contributed by atoms with Crippen LogP contribution in [0.15, 0.2) is 23.3 Å². The Morgan fingerprint density at radius 2 is 1.43 bits per heavy atom. The van der Waals surface area contributed by atoms with Crippen molar-refractivity contribution < 1.29 is 59.8 Å². The zero-order valence-corrected chi connectivity index (χ0v) is 26.5. The van der Waals surface area contributed by atoms with Gasteiger partial charge in [-0.25, -0.2) is 0 Å². The van der Waals surface area contributed by atoms with Crippen LogP contribution in [-0.4, -0.2) is 128 Å². The predicted octanol–water partition coefficient (Wildman–Crippen LogP) is 0.123. The first-order chi connectivity index (χ1) is 20.7. The third kappa shape index (κ3) is 6.97. The third-order valence-electron chi connectivity index (χ3n) is 11.0. The van der Waals surface area contributed by atoms with E-state index in [1.54, 1.807) is 0 Å². The Kier molecular flexibility index (Phi) is 11.7.